The average Bonchev–Trinajstić information content (AvgIpc) is 2.08. The van der Waals surface area contributed by atoms with Gasteiger partial charge in [0.15, 0.2) is 0 Å². The molecule has 1 aliphatic heterocycles. The predicted molar refractivity (Wildman–Crippen MR) is 45.9 cm³/mol. The van der Waals surface area contributed by atoms with Crippen molar-refractivity contribution in [2.45, 2.75) is 26.2 Å². The Labute approximate surface area is 68.5 Å². The maximum absolute atomic E-state index is 9.70. The topological polar surface area (TPSA) is 45.1 Å². The minimum absolute atomic E-state index is 0.449. The van der Waals surface area contributed by atoms with E-state index in [0.29, 0.717) is 13.0 Å². The molecule has 0 saturated heterocycles. The Hall–Kier alpha value is -0.180. The Kier molecular flexibility index (Phi) is 2.47. The van der Waals surface area contributed by atoms with E-state index in [2.05, 4.69) is 14.5 Å². The van der Waals surface area contributed by atoms with Gasteiger partial charge in [-0.3, -0.25) is 0 Å². The van der Waals surface area contributed by atoms with Gasteiger partial charge in [0, 0.05) is 12.3 Å². The van der Waals surface area contributed by atoms with E-state index < -0.39 is 5.91 Å². The maximum Gasteiger partial charge on any atom is 0.272 e. The van der Waals surface area contributed by atoms with Crippen molar-refractivity contribution in [1.29, 1.82) is 0 Å². The fourth-order valence-electron chi connectivity index (χ4n) is 1.06. The van der Waals surface area contributed by atoms with E-state index in [4.69, 9.17) is 4.74 Å². The van der Waals surface area contributed by atoms with Gasteiger partial charge < -0.3 is 9.84 Å². The fourth-order valence-corrected chi connectivity index (χ4v) is 1.42. The van der Waals surface area contributed by atoms with Crippen LogP contribution >= 0.6 is 9.39 Å². The molecule has 1 heterocycles. The summed E-state index contributed by atoms with van der Waals surface area (Å²) < 4.78 is 6.49. The molecule has 1 aliphatic rings. The highest BCUT2D eigenvalue weighted by Crippen LogP contribution is 2.29. The highest BCUT2D eigenvalue weighted by atomic mass is 31.0. The molecule has 11 heavy (non-hydrogen) atoms. The van der Waals surface area contributed by atoms with Crippen LogP contribution in [0.25, 0.3) is 0 Å². The zero-order valence-corrected chi connectivity index (χ0v) is 7.90. The summed E-state index contributed by atoms with van der Waals surface area (Å²) in [6.07, 6.45) is 0.449. The smallest absolute Gasteiger partial charge is 0.272 e. The van der Waals surface area contributed by atoms with Gasteiger partial charge in [0.05, 0.1) is 6.42 Å². The molecule has 2 atom stereocenters. The Balaban J connectivity index is 2.62. The molecule has 0 aromatic carbocycles. The normalized spacial score (nSPS) is 30.9. The second-order valence-electron chi connectivity index (χ2n) is 2.53. The first-order chi connectivity index (χ1) is 5.08. The number of hydrogen-bond donors (Lipinski definition) is 1. The van der Waals surface area contributed by atoms with Crippen LogP contribution in [0.2, 0.25) is 0 Å². The van der Waals surface area contributed by atoms with Gasteiger partial charge in [-0.25, -0.2) is 4.78 Å². The fraction of sp³-hybridized carbons (Fsp3) is 0.833. The lowest BCUT2D eigenvalue weighted by Crippen LogP contribution is -2.39. The molecule has 0 aromatic rings. The summed E-state index contributed by atoms with van der Waals surface area (Å²) in [6.45, 7) is 4.17. The van der Waals surface area contributed by atoms with Crippen LogP contribution in [0.1, 0.15) is 20.3 Å². The Morgan fingerprint density at radius 3 is 2.91 bits per heavy atom. The van der Waals surface area contributed by atoms with Crippen molar-refractivity contribution in [2.75, 3.05) is 6.61 Å². The molecule has 0 radical (unpaired) electrons. The van der Waals surface area contributed by atoms with Crippen molar-refractivity contribution >= 4 is 15.1 Å². The lowest BCUT2D eigenvalue weighted by atomic mass is 10.2. The number of ether oxygens (including phenoxy) is 1. The largest absolute Gasteiger partial charge is 0.347 e. The third-order valence-corrected chi connectivity index (χ3v) is 2.02. The SMILES string of the molecule is CCOC1(O)CC(C)=NN1P. The summed E-state index contributed by atoms with van der Waals surface area (Å²) in [4.78, 5) is 0. The van der Waals surface area contributed by atoms with Crippen molar-refractivity contribution in [3.05, 3.63) is 0 Å². The molecule has 0 aromatic heterocycles. The van der Waals surface area contributed by atoms with Gasteiger partial charge in [0.1, 0.15) is 0 Å². The summed E-state index contributed by atoms with van der Waals surface area (Å²) in [5.74, 6) is -1.23. The summed E-state index contributed by atoms with van der Waals surface area (Å²) in [7, 11) is 2.31. The van der Waals surface area contributed by atoms with Crippen molar-refractivity contribution in [3.8, 4) is 0 Å². The number of aliphatic hydroxyl groups is 1. The van der Waals surface area contributed by atoms with Gasteiger partial charge in [0.2, 0.25) is 0 Å². The lowest BCUT2D eigenvalue weighted by Gasteiger charge is -2.28. The summed E-state index contributed by atoms with van der Waals surface area (Å²) in [5, 5.41) is 13.7. The molecule has 5 heteroatoms. The van der Waals surface area contributed by atoms with Gasteiger partial charge in [-0.15, -0.1) is 0 Å². The van der Waals surface area contributed by atoms with E-state index in [0.717, 1.165) is 5.71 Å². The monoisotopic (exact) mass is 176 g/mol. The number of hydrazone groups is 1. The van der Waals surface area contributed by atoms with Crippen LogP contribution in [0.5, 0.6) is 0 Å². The Morgan fingerprint density at radius 2 is 2.55 bits per heavy atom. The molecule has 2 unspecified atom stereocenters. The molecule has 1 N–H and O–H groups in total. The number of hydrogen-bond acceptors (Lipinski definition) is 4. The quantitative estimate of drug-likeness (QED) is 0.493. The van der Waals surface area contributed by atoms with Crippen LogP contribution in [-0.2, 0) is 4.74 Å². The molecule has 0 saturated carbocycles. The predicted octanol–water partition coefficient (Wildman–Crippen LogP) is 0.541. The van der Waals surface area contributed by atoms with Crippen LogP contribution in [0.3, 0.4) is 0 Å². The standard InChI is InChI=1S/C6H13N2O2P/c1-3-10-6(9)4-5(2)7-8(6)11/h9H,3-4,11H2,1-2H3. The second-order valence-corrected chi connectivity index (χ2v) is 3.02. The van der Waals surface area contributed by atoms with Crippen LogP contribution in [0, 0.1) is 0 Å². The van der Waals surface area contributed by atoms with Crippen molar-refractivity contribution in [3.63, 3.8) is 0 Å². The van der Waals surface area contributed by atoms with Gasteiger partial charge in [0.25, 0.3) is 5.91 Å². The first-order valence-corrected chi connectivity index (χ1v) is 4.05. The Bertz CT molecular complexity index is 185. The Morgan fingerprint density at radius 1 is 1.91 bits per heavy atom. The summed E-state index contributed by atoms with van der Waals surface area (Å²) in [6, 6.07) is 0. The van der Waals surface area contributed by atoms with E-state index in [-0.39, 0.29) is 0 Å². The third kappa shape index (κ3) is 1.70. The minimum atomic E-state index is -1.23. The third-order valence-electron chi connectivity index (χ3n) is 1.50. The van der Waals surface area contributed by atoms with E-state index in [1.54, 1.807) is 0 Å². The molecule has 0 amide bonds. The van der Waals surface area contributed by atoms with E-state index in [1.165, 1.54) is 4.78 Å². The van der Waals surface area contributed by atoms with Gasteiger partial charge in [-0.2, -0.15) is 5.10 Å². The summed E-state index contributed by atoms with van der Waals surface area (Å²) >= 11 is 0. The van der Waals surface area contributed by atoms with Crippen molar-refractivity contribution < 1.29 is 9.84 Å². The molecule has 0 spiro atoms. The molecular weight excluding hydrogens is 163 g/mol. The van der Waals surface area contributed by atoms with Gasteiger partial charge in [-0.05, 0) is 23.2 Å². The van der Waals surface area contributed by atoms with E-state index in [9.17, 15) is 5.11 Å². The molecule has 0 fully saturated rings. The zero-order chi connectivity index (χ0) is 8.48. The highest BCUT2D eigenvalue weighted by Gasteiger charge is 2.38. The average molecular weight is 176 g/mol. The molecular formula is C6H13N2O2P. The first-order valence-electron chi connectivity index (χ1n) is 3.54. The van der Waals surface area contributed by atoms with Crippen molar-refractivity contribution in [1.82, 2.24) is 4.78 Å². The highest BCUT2D eigenvalue weighted by molar-refractivity contribution is 7.13. The van der Waals surface area contributed by atoms with Crippen LogP contribution in [0.4, 0.5) is 0 Å². The molecule has 4 nitrogen and oxygen atoms in total. The van der Waals surface area contributed by atoms with Crippen LogP contribution in [-0.4, -0.2) is 28.1 Å². The first kappa shape index (κ1) is 8.91. The minimum Gasteiger partial charge on any atom is -0.347 e. The molecule has 1 rings (SSSR count). The number of nitrogens with zero attached hydrogens (tertiary/aromatic N) is 2. The van der Waals surface area contributed by atoms with Crippen molar-refractivity contribution in [2.24, 2.45) is 5.10 Å². The zero-order valence-electron chi connectivity index (χ0n) is 6.74. The molecule has 64 valence electrons. The van der Waals surface area contributed by atoms with Crippen LogP contribution < -0.4 is 0 Å². The molecule has 0 bridgehead atoms. The number of rotatable bonds is 2. The lowest BCUT2D eigenvalue weighted by molar-refractivity contribution is -0.249. The van der Waals surface area contributed by atoms with E-state index in [1.807, 2.05) is 13.8 Å². The molecule has 0 aliphatic carbocycles. The van der Waals surface area contributed by atoms with E-state index >= 15 is 0 Å². The summed E-state index contributed by atoms with van der Waals surface area (Å²) in [5.41, 5.74) is 0.871. The van der Waals surface area contributed by atoms with Gasteiger partial charge >= 0.3 is 0 Å². The maximum atomic E-state index is 9.70. The van der Waals surface area contributed by atoms with Crippen LogP contribution in [0.15, 0.2) is 5.10 Å². The second kappa shape index (κ2) is 3.05. The van der Waals surface area contributed by atoms with Gasteiger partial charge in [-0.1, -0.05) is 0 Å².